The Morgan fingerprint density at radius 2 is 2.12 bits per heavy atom. The van der Waals surface area contributed by atoms with Gasteiger partial charge in [0.2, 0.25) is 6.79 Å². The molecule has 132 valence electrons. The Hall–Kier alpha value is -3.28. The number of hydrogen-bond acceptors (Lipinski definition) is 5. The first-order valence-electron chi connectivity index (χ1n) is 8.30. The number of nitrogens with zero attached hydrogens (tertiary/aromatic N) is 1. The standard InChI is InChI=1S/C20H18N2O4/c1-24-20(23)17(9-14-11-22-16-5-3-2-4-15(14)16)21-10-13-6-7-18-19(8-13)26-12-25-18/h2-8,10-11,17,22H,9,12H2,1H3. The van der Waals surface area contributed by atoms with Gasteiger partial charge in [-0.15, -0.1) is 0 Å². The Morgan fingerprint density at radius 3 is 3.00 bits per heavy atom. The maximum Gasteiger partial charge on any atom is 0.330 e. The first-order chi connectivity index (χ1) is 12.7. The molecule has 1 aromatic heterocycles. The number of aromatic amines is 1. The van der Waals surface area contributed by atoms with E-state index in [-0.39, 0.29) is 12.8 Å². The van der Waals surface area contributed by atoms with Crippen LogP contribution < -0.4 is 9.47 Å². The summed E-state index contributed by atoms with van der Waals surface area (Å²) in [5.74, 6) is 1.03. The van der Waals surface area contributed by atoms with Crippen molar-refractivity contribution in [3.8, 4) is 11.5 Å². The van der Waals surface area contributed by atoms with Gasteiger partial charge in [-0.3, -0.25) is 4.99 Å². The number of nitrogens with one attached hydrogen (secondary N) is 1. The maximum absolute atomic E-state index is 12.2. The first-order valence-corrected chi connectivity index (χ1v) is 8.30. The SMILES string of the molecule is COC(=O)C(Cc1c[nH]c2ccccc12)N=Cc1ccc2c(c1)OCO2. The molecule has 0 saturated carbocycles. The average Bonchev–Trinajstić information content (AvgIpc) is 3.31. The van der Waals surface area contributed by atoms with E-state index in [9.17, 15) is 4.79 Å². The van der Waals surface area contributed by atoms with E-state index in [2.05, 4.69) is 9.98 Å². The smallest absolute Gasteiger partial charge is 0.330 e. The lowest BCUT2D eigenvalue weighted by Crippen LogP contribution is -2.23. The molecule has 4 rings (SSSR count). The molecule has 6 nitrogen and oxygen atoms in total. The van der Waals surface area contributed by atoms with Gasteiger partial charge in [0.15, 0.2) is 17.5 Å². The van der Waals surface area contributed by atoms with E-state index >= 15 is 0 Å². The summed E-state index contributed by atoms with van der Waals surface area (Å²) >= 11 is 0. The van der Waals surface area contributed by atoms with Crippen LogP contribution in [0, 0.1) is 0 Å². The van der Waals surface area contributed by atoms with Crippen molar-refractivity contribution in [1.82, 2.24) is 4.98 Å². The molecule has 3 aromatic rings. The van der Waals surface area contributed by atoms with E-state index in [0.29, 0.717) is 17.9 Å². The molecule has 2 heterocycles. The quantitative estimate of drug-likeness (QED) is 0.567. The van der Waals surface area contributed by atoms with Crippen molar-refractivity contribution in [3.05, 3.63) is 59.8 Å². The van der Waals surface area contributed by atoms with Crippen LogP contribution in [0.25, 0.3) is 10.9 Å². The van der Waals surface area contributed by atoms with E-state index in [4.69, 9.17) is 14.2 Å². The van der Waals surface area contributed by atoms with E-state index in [1.807, 2.05) is 48.7 Å². The van der Waals surface area contributed by atoms with E-state index in [1.165, 1.54) is 7.11 Å². The Labute approximate surface area is 150 Å². The first kappa shape index (κ1) is 16.2. The number of hydrogen-bond donors (Lipinski definition) is 1. The van der Waals surface area contributed by atoms with Gasteiger partial charge in [-0.2, -0.15) is 0 Å². The molecule has 1 unspecified atom stereocenters. The van der Waals surface area contributed by atoms with E-state index < -0.39 is 6.04 Å². The molecule has 1 aliphatic heterocycles. The molecule has 26 heavy (non-hydrogen) atoms. The largest absolute Gasteiger partial charge is 0.467 e. The van der Waals surface area contributed by atoms with Crippen molar-refractivity contribution >= 4 is 23.1 Å². The van der Waals surface area contributed by atoms with Crippen LogP contribution in [0.1, 0.15) is 11.1 Å². The Morgan fingerprint density at radius 1 is 1.27 bits per heavy atom. The topological polar surface area (TPSA) is 72.9 Å². The summed E-state index contributed by atoms with van der Waals surface area (Å²) in [5.41, 5.74) is 2.90. The zero-order chi connectivity index (χ0) is 17.9. The third kappa shape index (κ3) is 3.13. The zero-order valence-electron chi connectivity index (χ0n) is 14.3. The van der Waals surface area contributed by atoms with Gasteiger partial charge in [0.05, 0.1) is 7.11 Å². The van der Waals surface area contributed by atoms with Gasteiger partial charge in [0.25, 0.3) is 0 Å². The summed E-state index contributed by atoms with van der Waals surface area (Å²) in [5, 5.41) is 1.08. The number of esters is 1. The lowest BCUT2D eigenvalue weighted by atomic mass is 10.1. The Kier molecular flexibility index (Phi) is 4.31. The predicted octanol–water partition coefficient (Wildman–Crippen LogP) is 3.10. The van der Waals surface area contributed by atoms with Gasteiger partial charge in [0, 0.05) is 29.7 Å². The fourth-order valence-electron chi connectivity index (χ4n) is 3.01. The second-order valence-electron chi connectivity index (χ2n) is 5.99. The number of benzene rings is 2. The van der Waals surface area contributed by atoms with Gasteiger partial charge in [-0.05, 0) is 35.4 Å². The second kappa shape index (κ2) is 6.92. The molecule has 0 amide bonds. The molecule has 1 atom stereocenters. The van der Waals surface area contributed by atoms with Gasteiger partial charge >= 0.3 is 5.97 Å². The molecule has 0 fully saturated rings. The summed E-state index contributed by atoms with van der Waals surface area (Å²) in [6, 6.07) is 12.9. The van der Waals surface area contributed by atoms with Gasteiger partial charge in [0.1, 0.15) is 0 Å². The highest BCUT2D eigenvalue weighted by atomic mass is 16.7. The molecule has 0 radical (unpaired) electrons. The van der Waals surface area contributed by atoms with E-state index in [0.717, 1.165) is 22.0 Å². The molecule has 0 bridgehead atoms. The number of fused-ring (bicyclic) bond motifs is 2. The van der Waals surface area contributed by atoms with Crippen LogP contribution in [0.4, 0.5) is 0 Å². The Balaban J connectivity index is 1.58. The van der Waals surface area contributed by atoms with Crippen molar-refractivity contribution in [1.29, 1.82) is 0 Å². The minimum atomic E-state index is -0.621. The van der Waals surface area contributed by atoms with Crippen LogP contribution in [0.2, 0.25) is 0 Å². The predicted molar refractivity (Wildman–Crippen MR) is 98.0 cm³/mol. The highest BCUT2D eigenvalue weighted by Crippen LogP contribution is 2.32. The van der Waals surface area contributed by atoms with Gasteiger partial charge in [-0.25, -0.2) is 4.79 Å². The highest BCUT2D eigenvalue weighted by Gasteiger charge is 2.20. The van der Waals surface area contributed by atoms with Crippen LogP contribution in [0.3, 0.4) is 0 Å². The number of para-hydroxylation sites is 1. The van der Waals surface area contributed by atoms with E-state index in [1.54, 1.807) is 6.21 Å². The fraction of sp³-hybridized carbons (Fsp3) is 0.200. The number of methoxy groups -OCH3 is 1. The van der Waals surface area contributed by atoms with Crippen LogP contribution in [0.15, 0.2) is 53.7 Å². The molecule has 1 aliphatic rings. The number of H-pyrrole nitrogens is 1. The van der Waals surface area contributed by atoms with Crippen molar-refractivity contribution < 1.29 is 19.0 Å². The minimum absolute atomic E-state index is 0.223. The summed E-state index contributed by atoms with van der Waals surface area (Å²) < 4.78 is 15.6. The molecule has 0 aliphatic carbocycles. The molecule has 6 heteroatoms. The van der Waals surface area contributed by atoms with Gasteiger partial charge in [-0.1, -0.05) is 18.2 Å². The normalized spacial score (nSPS) is 14.0. The molecule has 1 N–H and O–H groups in total. The number of rotatable bonds is 5. The zero-order valence-corrected chi connectivity index (χ0v) is 14.3. The fourth-order valence-corrected chi connectivity index (χ4v) is 3.01. The average molecular weight is 350 g/mol. The van der Waals surface area contributed by atoms with Crippen molar-refractivity contribution in [2.75, 3.05) is 13.9 Å². The summed E-state index contributed by atoms with van der Waals surface area (Å²) in [6.07, 6.45) is 4.03. The second-order valence-corrected chi connectivity index (χ2v) is 5.99. The van der Waals surface area contributed by atoms with Crippen molar-refractivity contribution in [2.45, 2.75) is 12.5 Å². The summed E-state index contributed by atoms with van der Waals surface area (Å²) in [4.78, 5) is 19.9. The van der Waals surface area contributed by atoms with Crippen molar-refractivity contribution in [3.63, 3.8) is 0 Å². The monoisotopic (exact) mass is 350 g/mol. The lowest BCUT2D eigenvalue weighted by molar-refractivity contribution is -0.142. The van der Waals surface area contributed by atoms with Gasteiger partial charge < -0.3 is 19.2 Å². The number of aromatic nitrogens is 1. The number of carbonyl (C=O) groups is 1. The van der Waals surface area contributed by atoms with Crippen LogP contribution in [0.5, 0.6) is 11.5 Å². The van der Waals surface area contributed by atoms with Crippen LogP contribution in [-0.4, -0.2) is 37.1 Å². The van der Waals surface area contributed by atoms with Crippen LogP contribution >= 0.6 is 0 Å². The molecular weight excluding hydrogens is 332 g/mol. The summed E-state index contributed by atoms with van der Waals surface area (Å²) in [6.45, 7) is 0.223. The number of carbonyl (C=O) groups excluding carboxylic acids is 1. The highest BCUT2D eigenvalue weighted by molar-refractivity contribution is 5.87. The van der Waals surface area contributed by atoms with Crippen molar-refractivity contribution in [2.24, 2.45) is 4.99 Å². The van der Waals surface area contributed by atoms with Crippen LogP contribution in [-0.2, 0) is 16.0 Å². The minimum Gasteiger partial charge on any atom is -0.467 e. The molecule has 0 spiro atoms. The third-order valence-corrected chi connectivity index (χ3v) is 4.36. The Bertz CT molecular complexity index is 977. The summed E-state index contributed by atoms with van der Waals surface area (Å²) in [7, 11) is 1.38. The lowest BCUT2D eigenvalue weighted by Gasteiger charge is -2.09. The molecule has 2 aromatic carbocycles. The third-order valence-electron chi connectivity index (χ3n) is 4.36. The number of ether oxygens (including phenoxy) is 3. The maximum atomic E-state index is 12.2. The molecule has 0 saturated heterocycles. The molecular formula is C20H18N2O4. The number of aliphatic imine (C=N–C) groups is 1.